The van der Waals surface area contributed by atoms with Crippen molar-refractivity contribution in [3.8, 4) is 5.88 Å². The number of rotatable bonds is 8. The number of carbonyl (C=O) groups excluding carboxylic acids is 2. The van der Waals surface area contributed by atoms with Gasteiger partial charge in [0.05, 0.1) is 6.42 Å². The smallest absolute Gasteiger partial charge is 0.243 e. The summed E-state index contributed by atoms with van der Waals surface area (Å²) in [5.74, 6) is 0.422. The van der Waals surface area contributed by atoms with Crippen LogP contribution in [-0.4, -0.2) is 34.3 Å². The van der Waals surface area contributed by atoms with Crippen molar-refractivity contribution in [2.24, 2.45) is 0 Å². The number of hydrogen-bond acceptors (Lipinski definition) is 5. The van der Waals surface area contributed by atoms with E-state index < -0.39 is 6.04 Å². The number of benzene rings is 1. The van der Waals surface area contributed by atoms with Crippen LogP contribution in [-0.2, 0) is 29.2 Å². The number of amides is 2. The number of nitrogens with zero attached hydrogens (tertiary/aromatic N) is 2. The zero-order valence-corrected chi connectivity index (χ0v) is 18.0. The van der Waals surface area contributed by atoms with Gasteiger partial charge in [-0.25, -0.2) is 4.98 Å². The molecule has 0 bridgehead atoms. The van der Waals surface area contributed by atoms with Gasteiger partial charge in [0.2, 0.25) is 17.7 Å². The van der Waals surface area contributed by atoms with E-state index in [0.717, 1.165) is 22.4 Å². The lowest BCUT2D eigenvalue weighted by Crippen LogP contribution is -2.46. The van der Waals surface area contributed by atoms with Crippen LogP contribution in [0.5, 0.6) is 5.88 Å². The number of carbonyl (C=O) groups is 2. The maximum Gasteiger partial charge on any atom is 0.243 e. The zero-order chi connectivity index (χ0) is 21.5. The molecule has 1 aliphatic heterocycles. The Morgan fingerprint density at radius 3 is 2.81 bits per heavy atom. The van der Waals surface area contributed by atoms with E-state index >= 15 is 0 Å². The summed E-state index contributed by atoms with van der Waals surface area (Å²) in [6, 6.07) is 17.1. The van der Waals surface area contributed by atoms with Crippen molar-refractivity contribution in [2.75, 3.05) is 6.54 Å². The van der Waals surface area contributed by atoms with Crippen molar-refractivity contribution in [1.29, 1.82) is 0 Å². The summed E-state index contributed by atoms with van der Waals surface area (Å²) in [4.78, 5) is 32.4. The standard InChI is InChI=1S/C24H25N3O3S/c28-23(15-20-8-5-13-31-20)27-12-4-9-21(27)24(29)26-16-19-10-11-25-22(14-19)30-17-18-6-2-1-3-7-18/h1-3,5-8,10-11,13-14,21H,4,9,12,15-17H2,(H,26,29). The monoisotopic (exact) mass is 435 g/mol. The Morgan fingerprint density at radius 1 is 1.13 bits per heavy atom. The molecule has 2 amide bonds. The fraction of sp³-hybridized carbons (Fsp3) is 0.292. The average molecular weight is 436 g/mol. The lowest BCUT2D eigenvalue weighted by molar-refractivity contribution is -0.138. The molecule has 3 aromatic rings. The SMILES string of the molecule is O=C(NCc1ccnc(OCc2ccccc2)c1)C1CCCN1C(=O)Cc1cccs1. The minimum atomic E-state index is -0.400. The molecule has 0 radical (unpaired) electrons. The first kappa shape index (κ1) is 21.1. The molecule has 1 unspecified atom stereocenters. The first-order valence-electron chi connectivity index (χ1n) is 10.4. The number of pyridine rings is 1. The van der Waals surface area contributed by atoms with Crippen LogP contribution in [0.4, 0.5) is 0 Å². The van der Waals surface area contributed by atoms with E-state index in [4.69, 9.17) is 4.74 Å². The molecule has 2 aromatic heterocycles. The average Bonchev–Trinajstić information content (AvgIpc) is 3.49. The maximum atomic E-state index is 12.8. The summed E-state index contributed by atoms with van der Waals surface area (Å²) >= 11 is 1.57. The van der Waals surface area contributed by atoms with Crippen LogP contribution in [0, 0.1) is 0 Å². The Bertz CT molecular complexity index is 1010. The molecule has 1 atom stereocenters. The molecule has 0 aliphatic carbocycles. The third-order valence-electron chi connectivity index (χ3n) is 5.28. The predicted molar refractivity (Wildman–Crippen MR) is 120 cm³/mol. The van der Waals surface area contributed by atoms with Crippen molar-refractivity contribution in [3.63, 3.8) is 0 Å². The zero-order valence-electron chi connectivity index (χ0n) is 17.2. The number of ether oxygens (including phenoxy) is 1. The van der Waals surface area contributed by atoms with Crippen LogP contribution in [0.15, 0.2) is 66.2 Å². The van der Waals surface area contributed by atoms with Gasteiger partial charge in [0.25, 0.3) is 0 Å². The first-order chi connectivity index (χ1) is 15.2. The molecule has 1 saturated heterocycles. The fourth-order valence-electron chi connectivity index (χ4n) is 3.68. The van der Waals surface area contributed by atoms with Gasteiger partial charge in [-0.05, 0) is 41.5 Å². The van der Waals surface area contributed by atoms with Gasteiger partial charge in [-0.15, -0.1) is 11.3 Å². The normalized spacial score (nSPS) is 15.6. The van der Waals surface area contributed by atoms with E-state index in [9.17, 15) is 9.59 Å². The van der Waals surface area contributed by atoms with Crippen LogP contribution in [0.1, 0.15) is 28.8 Å². The van der Waals surface area contributed by atoms with Gasteiger partial charge in [0.1, 0.15) is 12.6 Å². The lowest BCUT2D eigenvalue weighted by atomic mass is 10.2. The molecule has 1 aliphatic rings. The van der Waals surface area contributed by atoms with Gasteiger partial charge >= 0.3 is 0 Å². The van der Waals surface area contributed by atoms with E-state index in [1.54, 1.807) is 22.4 Å². The van der Waals surface area contributed by atoms with Crippen molar-refractivity contribution >= 4 is 23.2 Å². The van der Waals surface area contributed by atoms with Crippen molar-refractivity contribution in [3.05, 3.63) is 82.2 Å². The molecular formula is C24H25N3O3S. The van der Waals surface area contributed by atoms with Gasteiger partial charge in [-0.3, -0.25) is 9.59 Å². The molecule has 31 heavy (non-hydrogen) atoms. The van der Waals surface area contributed by atoms with Gasteiger partial charge in [0, 0.05) is 30.2 Å². The maximum absolute atomic E-state index is 12.8. The third-order valence-corrected chi connectivity index (χ3v) is 6.15. The highest BCUT2D eigenvalue weighted by atomic mass is 32.1. The van der Waals surface area contributed by atoms with Crippen LogP contribution in [0.3, 0.4) is 0 Å². The topological polar surface area (TPSA) is 71.5 Å². The van der Waals surface area contributed by atoms with Crippen LogP contribution >= 0.6 is 11.3 Å². The summed E-state index contributed by atoms with van der Waals surface area (Å²) in [5, 5.41) is 4.93. The summed E-state index contributed by atoms with van der Waals surface area (Å²) in [7, 11) is 0. The van der Waals surface area contributed by atoms with Crippen LogP contribution < -0.4 is 10.1 Å². The molecule has 3 heterocycles. The molecule has 1 aromatic carbocycles. The van der Waals surface area contributed by atoms with Crippen LogP contribution in [0.2, 0.25) is 0 Å². The lowest BCUT2D eigenvalue weighted by Gasteiger charge is -2.24. The molecule has 160 valence electrons. The van der Waals surface area contributed by atoms with Crippen LogP contribution in [0.25, 0.3) is 0 Å². The van der Waals surface area contributed by atoms with E-state index in [2.05, 4.69) is 10.3 Å². The Hall–Kier alpha value is -3.19. The predicted octanol–water partition coefficient (Wildman–Crippen LogP) is 3.57. The Balaban J connectivity index is 1.30. The Labute approximate surface area is 185 Å². The Morgan fingerprint density at radius 2 is 2.00 bits per heavy atom. The van der Waals surface area contributed by atoms with Crippen molar-refractivity contribution in [1.82, 2.24) is 15.2 Å². The second-order valence-electron chi connectivity index (χ2n) is 7.50. The van der Waals surface area contributed by atoms with E-state index in [0.29, 0.717) is 38.4 Å². The summed E-state index contributed by atoms with van der Waals surface area (Å²) in [5.41, 5.74) is 1.97. The molecular weight excluding hydrogens is 410 g/mol. The highest BCUT2D eigenvalue weighted by molar-refractivity contribution is 7.10. The minimum absolute atomic E-state index is 0.0145. The van der Waals surface area contributed by atoms with Crippen molar-refractivity contribution < 1.29 is 14.3 Å². The fourth-order valence-corrected chi connectivity index (χ4v) is 4.38. The molecule has 6 nitrogen and oxygen atoms in total. The van der Waals surface area contributed by atoms with Gasteiger partial charge in [0.15, 0.2) is 0 Å². The molecule has 4 rings (SSSR count). The molecule has 0 saturated carbocycles. The van der Waals surface area contributed by atoms with Gasteiger partial charge in [-0.2, -0.15) is 0 Å². The minimum Gasteiger partial charge on any atom is -0.473 e. The number of aromatic nitrogens is 1. The number of thiophene rings is 1. The first-order valence-corrected chi connectivity index (χ1v) is 11.3. The van der Waals surface area contributed by atoms with E-state index in [-0.39, 0.29) is 11.8 Å². The van der Waals surface area contributed by atoms with Gasteiger partial charge < -0.3 is 15.0 Å². The second-order valence-corrected chi connectivity index (χ2v) is 8.53. The number of likely N-dealkylation sites (tertiary alicyclic amines) is 1. The highest BCUT2D eigenvalue weighted by Crippen LogP contribution is 2.20. The highest BCUT2D eigenvalue weighted by Gasteiger charge is 2.33. The molecule has 1 fully saturated rings. The second kappa shape index (κ2) is 10.2. The third kappa shape index (κ3) is 5.70. The van der Waals surface area contributed by atoms with E-state index in [1.165, 1.54) is 0 Å². The molecule has 0 spiro atoms. The summed E-state index contributed by atoms with van der Waals surface area (Å²) in [6.07, 6.45) is 3.58. The molecule has 7 heteroatoms. The van der Waals surface area contributed by atoms with E-state index in [1.807, 2.05) is 60.0 Å². The van der Waals surface area contributed by atoms with Gasteiger partial charge in [-0.1, -0.05) is 36.4 Å². The largest absolute Gasteiger partial charge is 0.473 e. The number of nitrogens with one attached hydrogen (secondary N) is 1. The Kier molecular flexibility index (Phi) is 6.94. The van der Waals surface area contributed by atoms with Crippen molar-refractivity contribution in [2.45, 2.75) is 38.5 Å². The number of hydrogen-bond donors (Lipinski definition) is 1. The summed E-state index contributed by atoms with van der Waals surface area (Å²) < 4.78 is 5.76. The quantitative estimate of drug-likeness (QED) is 0.587. The molecule has 1 N–H and O–H groups in total. The summed E-state index contributed by atoms with van der Waals surface area (Å²) in [6.45, 7) is 1.44.